The summed E-state index contributed by atoms with van der Waals surface area (Å²) < 4.78 is 0. The number of fused-ring (bicyclic) bond motifs is 2. The number of para-hydroxylation sites is 2. The number of hydrogen-bond acceptors (Lipinski definition) is 1. The highest BCUT2D eigenvalue weighted by Gasteiger charge is 2.25. The summed E-state index contributed by atoms with van der Waals surface area (Å²) in [5, 5.41) is 4.95. The van der Waals surface area contributed by atoms with Gasteiger partial charge in [0.25, 0.3) is 0 Å². The second-order valence-corrected chi connectivity index (χ2v) is 19.4. The summed E-state index contributed by atoms with van der Waals surface area (Å²) in [6.07, 6.45) is 0. The van der Waals surface area contributed by atoms with E-state index in [-0.39, 0.29) is 10.8 Å². The first kappa shape index (κ1) is 41.5. The monoisotopic (exact) mass is 837 g/mol. The second kappa shape index (κ2) is 16.9. The van der Waals surface area contributed by atoms with Gasteiger partial charge in [-0.05, 0) is 112 Å². The zero-order chi connectivity index (χ0) is 44.7. The van der Waals surface area contributed by atoms with E-state index >= 15 is 0 Å². The average molecular weight is 838 g/mol. The van der Waals surface area contributed by atoms with Gasteiger partial charge in [-0.25, -0.2) is 0 Å². The van der Waals surface area contributed by atoms with Crippen LogP contribution in [-0.4, -0.2) is 0 Å². The van der Waals surface area contributed by atoms with Crippen LogP contribution in [0.15, 0.2) is 224 Å². The first-order chi connectivity index (χ1) is 31.5. The quantitative estimate of drug-likeness (QED) is 0.147. The molecule has 0 amide bonds. The third-order valence-corrected chi connectivity index (χ3v) is 13.0. The molecular formula is C64H55N. The topological polar surface area (TPSA) is 3.24 Å². The predicted molar refractivity (Wildman–Crippen MR) is 281 cm³/mol. The molecular weight excluding hydrogens is 783 g/mol. The highest BCUT2D eigenvalue weighted by molar-refractivity contribution is 6.09. The van der Waals surface area contributed by atoms with Gasteiger partial charge in [-0.1, -0.05) is 242 Å². The van der Waals surface area contributed by atoms with Crippen molar-refractivity contribution in [3.05, 3.63) is 236 Å². The minimum Gasteiger partial charge on any atom is -0.309 e. The van der Waals surface area contributed by atoms with Gasteiger partial charge in [-0.3, -0.25) is 0 Å². The maximum Gasteiger partial charge on any atom is 0.0540 e. The molecule has 0 saturated heterocycles. The molecule has 1 nitrogen and oxygen atoms in total. The Kier molecular flexibility index (Phi) is 10.8. The van der Waals surface area contributed by atoms with Crippen molar-refractivity contribution in [2.24, 2.45) is 0 Å². The van der Waals surface area contributed by atoms with E-state index in [1.807, 2.05) is 0 Å². The van der Waals surface area contributed by atoms with Crippen molar-refractivity contribution < 1.29 is 0 Å². The summed E-state index contributed by atoms with van der Waals surface area (Å²) in [5.74, 6) is 0. The highest BCUT2D eigenvalue weighted by atomic mass is 15.1. The van der Waals surface area contributed by atoms with E-state index in [1.165, 1.54) is 77.2 Å². The molecule has 0 unspecified atom stereocenters. The van der Waals surface area contributed by atoms with Crippen LogP contribution in [-0.2, 0) is 10.8 Å². The number of rotatable bonds is 8. The van der Waals surface area contributed by atoms with Gasteiger partial charge in [0.1, 0.15) is 0 Å². The van der Waals surface area contributed by atoms with Crippen molar-refractivity contribution in [2.45, 2.75) is 52.4 Å². The van der Waals surface area contributed by atoms with Gasteiger partial charge in [0.15, 0.2) is 0 Å². The summed E-state index contributed by atoms with van der Waals surface area (Å²) in [7, 11) is 0. The van der Waals surface area contributed by atoms with Crippen molar-refractivity contribution >= 4 is 38.6 Å². The Morgan fingerprint density at radius 1 is 0.292 bits per heavy atom. The molecule has 10 aromatic carbocycles. The molecule has 316 valence electrons. The smallest absolute Gasteiger partial charge is 0.0540 e. The van der Waals surface area contributed by atoms with Crippen LogP contribution in [0.2, 0.25) is 0 Å². The lowest BCUT2D eigenvalue weighted by molar-refractivity contribution is 0.569. The minimum atomic E-state index is -0.00758. The van der Waals surface area contributed by atoms with Crippen molar-refractivity contribution in [1.29, 1.82) is 0 Å². The zero-order valence-electron chi connectivity index (χ0n) is 38.3. The summed E-state index contributed by atoms with van der Waals surface area (Å²) in [6, 6.07) is 82.8. The highest BCUT2D eigenvalue weighted by Crippen LogP contribution is 2.48. The fourth-order valence-corrected chi connectivity index (χ4v) is 9.43. The largest absolute Gasteiger partial charge is 0.309 e. The van der Waals surface area contributed by atoms with Crippen molar-refractivity contribution in [3.8, 4) is 55.6 Å². The van der Waals surface area contributed by atoms with E-state index in [9.17, 15) is 0 Å². The molecule has 10 rings (SSSR count). The molecule has 1 heteroatoms. The fraction of sp³-hybridized carbons (Fsp3) is 0.125. The maximum absolute atomic E-state index is 2.49. The molecule has 0 fully saturated rings. The summed E-state index contributed by atoms with van der Waals surface area (Å²) >= 11 is 0. The number of benzene rings is 10. The Morgan fingerprint density at radius 3 is 1.46 bits per heavy atom. The number of anilines is 3. The molecule has 0 aliphatic carbocycles. The lowest BCUT2D eigenvalue weighted by atomic mass is 9.78. The molecule has 0 N–H and O–H groups in total. The Bertz CT molecular complexity index is 3280. The summed E-state index contributed by atoms with van der Waals surface area (Å²) in [6.45, 7) is 13.9. The van der Waals surface area contributed by atoms with Crippen LogP contribution in [0.4, 0.5) is 17.1 Å². The van der Waals surface area contributed by atoms with E-state index < -0.39 is 0 Å². The van der Waals surface area contributed by atoms with Gasteiger partial charge >= 0.3 is 0 Å². The number of nitrogens with zero attached hydrogens (tertiary/aromatic N) is 1. The molecule has 0 radical (unpaired) electrons. The van der Waals surface area contributed by atoms with Gasteiger partial charge in [-0.2, -0.15) is 0 Å². The lowest BCUT2D eigenvalue weighted by Crippen LogP contribution is -2.16. The van der Waals surface area contributed by atoms with Gasteiger partial charge in [-0.15, -0.1) is 0 Å². The molecule has 0 spiro atoms. The van der Waals surface area contributed by atoms with Gasteiger partial charge in [0.2, 0.25) is 0 Å². The Morgan fingerprint density at radius 2 is 0.769 bits per heavy atom. The average Bonchev–Trinajstić information content (AvgIpc) is 3.33. The maximum atomic E-state index is 2.49. The van der Waals surface area contributed by atoms with Crippen LogP contribution in [0.5, 0.6) is 0 Å². The van der Waals surface area contributed by atoms with E-state index in [1.54, 1.807) is 0 Å². The fourth-order valence-electron chi connectivity index (χ4n) is 9.43. The Hall–Kier alpha value is -7.48. The normalized spacial score (nSPS) is 11.8. The van der Waals surface area contributed by atoms with Crippen LogP contribution in [0, 0.1) is 0 Å². The minimum absolute atomic E-state index is 0.00758. The van der Waals surface area contributed by atoms with Gasteiger partial charge in [0.05, 0.1) is 11.4 Å². The Balaban J connectivity index is 1.21. The van der Waals surface area contributed by atoms with Crippen LogP contribution in [0.1, 0.15) is 52.7 Å². The van der Waals surface area contributed by atoms with Crippen LogP contribution in [0.3, 0.4) is 0 Å². The van der Waals surface area contributed by atoms with E-state index in [0.29, 0.717) is 0 Å². The van der Waals surface area contributed by atoms with E-state index in [4.69, 9.17) is 0 Å². The van der Waals surface area contributed by atoms with E-state index in [0.717, 1.165) is 28.2 Å². The molecule has 0 bridgehead atoms. The zero-order valence-corrected chi connectivity index (χ0v) is 38.3. The van der Waals surface area contributed by atoms with Crippen molar-refractivity contribution in [2.75, 3.05) is 4.90 Å². The molecule has 0 saturated carbocycles. The van der Waals surface area contributed by atoms with Crippen LogP contribution < -0.4 is 4.90 Å². The molecule has 0 aromatic heterocycles. The van der Waals surface area contributed by atoms with Crippen LogP contribution >= 0.6 is 0 Å². The summed E-state index contributed by atoms with van der Waals surface area (Å²) in [4.78, 5) is 2.49. The van der Waals surface area contributed by atoms with Crippen molar-refractivity contribution in [1.82, 2.24) is 0 Å². The molecule has 10 aromatic rings. The summed E-state index contributed by atoms with van der Waals surface area (Å²) in [5.41, 5.74) is 18.0. The molecule has 65 heavy (non-hydrogen) atoms. The molecule has 0 heterocycles. The first-order valence-electron chi connectivity index (χ1n) is 22.9. The van der Waals surface area contributed by atoms with E-state index in [2.05, 4.69) is 271 Å². The van der Waals surface area contributed by atoms with Crippen molar-refractivity contribution in [3.63, 3.8) is 0 Å². The predicted octanol–water partition coefficient (Wildman–Crippen LogP) is 18.4. The second-order valence-electron chi connectivity index (χ2n) is 19.4. The molecule has 0 aliphatic heterocycles. The van der Waals surface area contributed by atoms with Crippen LogP contribution in [0.25, 0.3) is 77.2 Å². The third-order valence-electron chi connectivity index (χ3n) is 13.0. The first-order valence-corrected chi connectivity index (χ1v) is 22.9. The third kappa shape index (κ3) is 8.16. The molecule has 0 atom stereocenters. The molecule has 0 aliphatic rings. The lowest BCUT2D eigenvalue weighted by Gasteiger charge is -2.31. The van der Waals surface area contributed by atoms with Gasteiger partial charge in [0, 0.05) is 16.8 Å². The van der Waals surface area contributed by atoms with Gasteiger partial charge < -0.3 is 4.90 Å². The number of hydrogen-bond donors (Lipinski definition) is 0. The standard InChI is InChI=1S/C64H55N/c1-63(2,3)51-40-50(41-52(43-51)64(4,5)6)57-32-18-24-48-25-19-33-59(62(48)57)58-30-13-15-35-61(58)65(53-27-16-26-49(42-53)55-31-17-23-46-22-10-11-28-54(46)55)60-34-14-12-29-56(60)47-38-36-45(37-39-47)44-20-8-7-9-21-44/h7-43H,1-6H3. The SMILES string of the molecule is CC(C)(C)c1cc(-c2cccc3cccc(-c4ccccc4N(c4cccc(-c5cccc6ccccc56)c4)c4ccccc4-c4ccc(-c5ccccc5)cc4)c23)cc(C(C)(C)C)c1. The Labute approximate surface area is 385 Å².